The molecule has 0 amide bonds. The lowest BCUT2D eigenvalue weighted by Gasteiger charge is -2.34. The van der Waals surface area contributed by atoms with Crippen molar-refractivity contribution in [3.05, 3.63) is 95.3 Å². The van der Waals surface area contributed by atoms with Crippen LogP contribution in [0.25, 0.3) is 0 Å². The van der Waals surface area contributed by atoms with Crippen LogP contribution in [-0.2, 0) is 11.3 Å². The van der Waals surface area contributed by atoms with Crippen molar-refractivity contribution in [3.8, 4) is 0 Å². The number of furan rings is 1. The molecule has 1 N–H and O–H groups in total. The van der Waals surface area contributed by atoms with Crippen molar-refractivity contribution in [3.63, 3.8) is 0 Å². The number of carbonyl (C=O) groups excluding carboxylic acids is 1. The third-order valence-electron chi connectivity index (χ3n) is 5.65. The maximum absolute atomic E-state index is 14.6. The SMILES string of the molecule is O=C1CCCC2=C1[C@H](c1ccco1)N(Cc1ccccc1F)c1ccccc1N2. The number of anilines is 2. The molecule has 0 bridgehead atoms. The molecule has 0 saturated heterocycles. The minimum absolute atomic E-state index is 0.117. The van der Waals surface area contributed by atoms with Crippen LogP contribution < -0.4 is 10.2 Å². The average molecular weight is 388 g/mol. The highest BCUT2D eigenvalue weighted by Crippen LogP contribution is 2.45. The average Bonchev–Trinajstić information content (AvgIpc) is 3.21. The van der Waals surface area contributed by atoms with Gasteiger partial charge in [-0.3, -0.25) is 4.79 Å². The molecule has 1 aliphatic heterocycles. The quantitative estimate of drug-likeness (QED) is 0.634. The molecule has 5 rings (SSSR count). The molecule has 0 saturated carbocycles. The molecule has 1 aliphatic carbocycles. The summed E-state index contributed by atoms with van der Waals surface area (Å²) < 4.78 is 20.3. The molecule has 0 spiro atoms. The molecule has 3 aromatic rings. The Morgan fingerprint density at radius 2 is 1.86 bits per heavy atom. The lowest BCUT2D eigenvalue weighted by atomic mass is 9.88. The fraction of sp³-hybridized carbons (Fsp3) is 0.208. The van der Waals surface area contributed by atoms with Crippen molar-refractivity contribution >= 4 is 17.2 Å². The molecule has 0 radical (unpaired) electrons. The summed E-state index contributed by atoms with van der Waals surface area (Å²) in [5.74, 6) is 0.540. The number of nitrogens with zero attached hydrogens (tertiary/aromatic N) is 1. The molecule has 1 aromatic heterocycles. The molecule has 2 heterocycles. The van der Waals surface area contributed by atoms with Gasteiger partial charge in [0.2, 0.25) is 0 Å². The first-order valence-corrected chi connectivity index (χ1v) is 9.88. The van der Waals surface area contributed by atoms with E-state index in [2.05, 4.69) is 10.2 Å². The van der Waals surface area contributed by atoms with E-state index in [-0.39, 0.29) is 11.6 Å². The zero-order valence-electron chi connectivity index (χ0n) is 15.9. The van der Waals surface area contributed by atoms with Gasteiger partial charge in [0.25, 0.3) is 0 Å². The van der Waals surface area contributed by atoms with Gasteiger partial charge in [-0.25, -0.2) is 4.39 Å². The normalized spacial score (nSPS) is 18.7. The lowest BCUT2D eigenvalue weighted by Crippen LogP contribution is -2.33. The molecule has 2 aromatic carbocycles. The highest BCUT2D eigenvalue weighted by molar-refractivity contribution is 6.00. The van der Waals surface area contributed by atoms with E-state index in [9.17, 15) is 9.18 Å². The van der Waals surface area contributed by atoms with Gasteiger partial charge in [0.05, 0.1) is 17.6 Å². The van der Waals surface area contributed by atoms with Crippen LogP contribution in [0.1, 0.15) is 36.6 Å². The number of para-hydroxylation sites is 2. The Kier molecular flexibility index (Phi) is 4.43. The molecule has 4 nitrogen and oxygen atoms in total. The van der Waals surface area contributed by atoms with Crippen molar-refractivity contribution in [2.24, 2.45) is 0 Å². The Balaban J connectivity index is 1.73. The predicted molar refractivity (Wildman–Crippen MR) is 110 cm³/mol. The molecule has 2 aliphatic rings. The predicted octanol–water partition coefficient (Wildman–Crippen LogP) is 5.60. The van der Waals surface area contributed by atoms with Gasteiger partial charge >= 0.3 is 0 Å². The fourth-order valence-electron chi connectivity index (χ4n) is 4.33. The number of fused-ring (bicyclic) bond motifs is 1. The van der Waals surface area contributed by atoms with E-state index in [1.807, 2.05) is 42.5 Å². The summed E-state index contributed by atoms with van der Waals surface area (Å²) in [4.78, 5) is 15.1. The Morgan fingerprint density at radius 1 is 1.03 bits per heavy atom. The van der Waals surface area contributed by atoms with Gasteiger partial charge in [0.15, 0.2) is 5.78 Å². The zero-order chi connectivity index (χ0) is 19.8. The van der Waals surface area contributed by atoms with Gasteiger partial charge < -0.3 is 14.6 Å². The summed E-state index contributed by atoms with van der Waals surface area (Å²) in [5, 5.41) is 3.50. The number of Topliss-reactive ketones (excluding diaryl/α,β-unsaturated/α-hetero) is 1. The summed E-state index contributed by atoms with van der Waals surface area (Å²) in [6.45, 7) is 0.320. The first kappa shape index (κ1) is 17.7. The topological polar surface area (TPSA) is 45.5 Å². The minimum Gasteiger partial charge on any atom is -0.467 e. The summed E-state index contributed by atoms with van der Waals surface area (Å²) in [6.07, 6.45) is 3.77. The van der Waals surface area contributed by atoms with Crippen molar-refractivity contribution in [2.75, 3.05) is 10.2 Å². The highest BCUT2D eigenvalue weighted by Gasteiger charge is 2.38. The van der Waals surface area contributed by atoms with Crippen LogP contribution in [-0.4, -0.2) is 5.78 Å². The highest BCUT2D eigenvalue weighted by atomic mass is 19.1. The van der Waals surface area contributed by atoms with Crippen molar-refractivity contribution in [2.45, 2.75) is 31.8 Å². The summed E-state index contributed by atoms with van der Waals surface area (Å²) in [6, 6.07) is 18.0. The summed E-state index contributed by atoms with van der Waals surface area (Å²) in [7, 11) is 0. The van der Waals surface area contributed by atoms with Gasteiger partial charge in [0, 0.05) is 29.8 Å². The number of nitrogens with one attached hydrogen (secondary N) is 1. The standard InChI is InChI=1S/C24H21FN2O2/c25-17-8-2-1-7-16(17)15-27-20-11-4-3-9-18(20)26-19-10-5-12-21(28)23(19)24(27)22-13-6-14-29-22/h1-4,6-9,11,13-14,24,26H,5,10,12,15H2/t24-/m0/s1. The molecule has 1 atom stereocenters. The first-order chi connectivity index (χ1) is 14.2. The molecule has 0 unspecified atom stereocenters. The lowest BCUT2D eigenvalue weighted by molar-refractivity contribution is -0.116. The van der Waals surface area contributed by atoms with Crippen LogP contribution in [0.3, 0.4) is 0 Å². The fourth-order valence-corrected chi connectivity index (χ4v) is 4.33. The molecule has 29 heavy (non-hydrogen) atoms. The van der Waals surface area contributed by atoms with Crippen LogP contribution in [0.5, 0.6) is 0 Å². The van der Waals surface area contributed by atoms with Gasteiger partial charge in [-0.1, -0.05) is 30.3 Å². The van der Waals surface area contributed by atoms with E-state index < -0.39 is 6.04 Å². The van der Waals surface area contributed by atoms with Gasteiger partial charge in [-0.2, -0.15) is 0 Å². The second-order valence-electron chi connectivity index (χ2n) is 7.45. The van der Waals surface area contributed by atoms with E-state index >= 15 is 0 Å². The zero-order valence-corrected chi connectivity index (χ0v) is 15.9. The number of carbonyl (C=O) groups is 1. The van der Waals surface area contributed by atoms with E-state index in [1.165, 1.54) is 6.07 Å². The Labute approximate surface area is 168 Å². The van der Waals surface area contributed by atoms with Crippen molar-refractivity contribution in [1.82, 2.24) is 0 Å². The van der Waals surface area contributed by atoms with Crippen LogP contribution >= 0.6 is 0 Å². The molecule has 0 fully saturated rings. The summed E-state index contributed by atoms with van der Waals surface area (Å²) >= 11 is 0. The van der Waals surface area contributed by atoms with Crippen LogP contribution in [0.4, 0.5) is 15.8 Å². The molecule has 146 valence electrons. The van der Waals surface area contributed by atoms with E-state index in [4.69, 9.17) is 4.42 Å². The maximum atomic E-state index is 14.6. The maximum Gasteiger partial charge on any atom is 0.163 e. The van der Waals surface area contributed by atoms with Crippen LogP contribution in [0, 0.1) is 5.82 Å². The summed E-state index contributed by atoms with van der Waals surface area (Å²) in [5.41, 5.74) is 4.07. The molecule has 5 heteroatoms. The van der Waals surface area contributed by atoms with Crippen LogP contribution in [0.2, 0.25) is 0 Å². The number of ketones is 1. The van der Waals surface area contributed by atoms with E-state index in [1.54, 1.807) is 18.4 Å². The minimum atomic E-state index is -0.413. The van der Waals surface area contributed by atoms with Crippen molar-refractivity contribution in [1.29, 1.82) is 0 Å². The molecular formula is C24H21FN2O2. The Morgan fingerprint density at radius 3 is 2.69 bits per heavy atom. The number of hydrogen-bond acceptors (Lipinski definition) is 4. The molecular weight excluding hydrogens is 367 g/mol. The largest absolute Gasteiger partial charge is 0.467 e. The number of halogens is 1. The van der Waals surface area contributed by atoms with Gasteiger partial charge in [-0.15, -0.1) is 0 Å². The Bertz CT molecular complexity index is 1090. The number of hydrogen-bond donors (Lipinski definition) is 1. The van der Waals surface area contributed by atoms with Crippen LogP contribution in [0.15, 0.2) is 82.6 Å². The number of rotatable bonds is 3. The van der Waals surface area contributed by atoms with E-state index in [0.29, 0.717) is 24.3 Å². The monoisotopic (exact) mass is 388 g/mol. The van der Waals surface area contributed by atoms with Gasteiger partial charge in [-0.05, 0) is 43.2 Å². The number of benzene rings is 2. The second-order valence-corrected chi connectivity index (χ2v) is 7.45. The Hall–Kier alpha value is -3.34. The third kappa shape index (κ3) is 3.12. The second kappa shape index (κ2) is 7.24. The first-order valence-electron chi connectivity index (χ1n) is 9.88. The van der Waals surface area contributed by atoms with Gasteiger partial charge in [0.1, 0.15) is 17.6 Å². The van der Waals surface area contributed by atoms with E-state index in [0.717, 1.165) is 35.5 Å². The van der Waals surface area contributed by atoms with Crippen molar-refractivity contribution < 1.29 is 13.6 Å². The number of allylic oxidation sites excluding steroid dienone is 1. The smallest absolute Gasteiger partial charge is 0.163 e. The third-order valence-corrected chi connectivity index (χ3v) is 5.65.